The molecule has 0 aromatic heterocycles. The fourth-order valence-corrected chi connectivity index (χ4v) is 4.32. The number of thiocarbonyl (C=S) groups is 1. The molecule has 0 saturated carbocycles. The van der Waals surface area contributed by atoms with E-state index in [1.807, 2.05) is 19.9 Å². The first-order valence-corrected chi connectivity index (χ1v) is 10.7. The van der Waals surface area contributed by atoms with Crippen LogP contribution in [0.15, 0.2) is 21.5 Å². The zero-order chi connectivity index (χ0) is 20.8. The maximum atomic E-state index is 12.7. The summed E-state index contributed by atoms with van der Waals surface area (Å²) in [6.07, 6.45) is 1.84. The van der Waals surface area contributed by atoms with Crippen LogP contribution >= 0.6 is 39.9 Å². The summed E-state index contributed by atoms with van der Waals surface area (Å²) in [5.41, 5.74) is 0.769. The number of benzene rings is 1. The molecule has 0 aliphatic carbocycles. The second-order valence-corrected chi connectivity index (χ2v) is 8.62. The highest BCUT2D eigenvalue weighted by atomic mass is 79.9. The quantitative estimate of drug-likeness (QED) is 0.305. The zero-order valence-corrected chi connectivity index (χ0v) is 19.3. The number of hydrogen-bond acceptors (Lipinski definition) is 7. The van der Waals surface area contributed by atoms with Crippen molar-refractivity contribution in [3.05, 3.63) is 27.1 Å². The molecule has 1 aliphatic heterocycles. The average molecular weight is 488 g/mol. The van der Waals surface area contributed by atoms with E-state index in [1.54, 1.807) is 26.2 Å². The molecule has 0 atom stereocenters. The number of hydrogen-bond donors (Lipinski definition) is 0. The molecule has 0 spiro atoms. The highest BCUT2D eigenvalue weighted by molar-refractivity contribution is 9.10. The summed E-state index contributed by atoms with van der Waals surface area (Å²) in [5, 5.41) is 0. The third-order valence-corrected chi connectivity index (χ3v) is 5.59. The molecule has 1 saturated heterocycles. The van der Waals surface area contributed by atoms with E-state index in [-0.39, 0.29) is 30.9 Å². The van der Waals surface area contributed by atoms with E-state index in [0.717, 1.165) is 10.0 Å². The third kappa shape index (κ3) is 5.71. The van der Waals surface area contributed by atoms with Crippen molar-refractivity contribution in [1.29, 1.82) is 0 Å². The molecule has 2 rings (SSSR count). The van der Waals surface area contributed by atoms with Crippen molar-refractivity contribution < 1.29 is 23.8 Å². The summed E-state index contributed by atoms with van der Waals surface area (Å²) in [4.78, 5) is 26.1. The Morgan fingerprint density at radius 2 is 2.11 bits per heavy atom. The minimum Gasteiger partial charge on any atom is -0.493 e. The summed E-state index contributed by atoms with van der Waals surface area (Å²) >= 11 is 9.99. The molecule has 1 heterocycles. The molecule has 0 bridgehead atoms. The summed E-state index contributed by atoms with van der Waals surface area (Å²) < 4.78 is 17.3. The smallest absolute Gasteiger partial charge is 0.307 e. The van der Waals surface area contributed by atoms with Gasteiger partial charge in [-0.2, -0.15) is 0 Å². The Morgan fingerprint density at radius 1 is 1.39 bits per heavy atom. The molecule has 1 aliphatic rings. The Balaban J connectivity index is 2.21. The van der Waals surface area contributed by atoms with Gasteiger partial charge in [0, 0.05) is 6.54 Å². The lowest BCUT2D eigenvalue weighted by Gasteiger charge is -2.16. The second kappa shape index (κ2) is 10.3. The van der Waals surface area contributed by atoms with Gasteiger partial charge in [0.05, 0.1) is 35.6 Å². The first kappa shape index (κ1) is 22.7. The Morgan fingerprint density at radius 3 is 2.71 bits per heavy atom. The van der Waals surface area contributed by atoms with Crippen molar-refractivity contribution >= 4 is 62.2 Å². The van der Waals surface area contributed by atoms with Crippen LogP contribution in [0.5, 0.6) is 11.5 Å². The van der Waals surface area contributed by atoms with Crippen LogP contribution in [-0.4, -0.2) is 47.5 Å². The van der Waals surface area contributed by atoms with Crippen LogP contribution in [0.25, 0.3) is 6.08 Å². The van der Waals surface area contributed by atoms with Gasteiger partial charge in [-0.05, 0) is 60.5 Å². The van der Waals surface area contributed by atoms with Crippen molar-refractivity contribution in [3.63, 3.8) is 0 Å². The van der Waals surface area contributed by atoms with Crippen molar-refractivity contribution in [2.45, 2.75) is 33.3 Å². The topological polar surface area (TPSA) is 65.1 Å². The van der Waals surface area contributed by atoms with E-state index in [9.17, 15) is 9.59 Å². The van der Waals surface area contributed by atoms with Gasteiger partial charge in [0.2, 0.25) is 0 Å². The predicted octanol–water partition coefficient (Wildman–Crippen LogP) is 4.40. The van der Waals surface area contributed by atoms with E-state index in [2.05, 4.69) is 15.9 Å². The molecule has 28 heavy (non-hydrogen) atoms. The van der Waals surface area contributed by atoms with E-state index >= 15 is 0 Å². The molecule has 9 heteroatoms. The van der Waals surface area contributed by atoms with Crippen molar-refractivity contribution in [3.8, 4) is 11.5 Å². The zero-order valence-electron chi connectivity index (χ0n) is 16.1. The van der Waals surface area contributed by atoms with Gasteiger partial charge in [0.25, 0.3) is 5.91 Å². The van der Waals surface area contributed by atoms with E-state index in [4.69, 9.17) is 26.4 Å². The first-order chi connectivity index (χ1) is 13.3. The lowest BCUT2D eigenvalue weighted by molar-refractivity contribution is -0.143. The Hall–Kier alpha value is -1.58. The molecule has 1 amide bonds. The van der Waals surface area contributed by atoms with Crippen molar-refractivity contribution in [2.24, 2.45) is 0 Å². The maximum Gasteiger partial charge on any atom is 0.307 e. The minimum atomic E-state index is -0.352. The van der Waals surface area contributed by atoms with Gasteiger partial charge in [0.15, 0.2) is 11.5 Å². The van der Waals surface area contributed by atoms with Gasteiger partial charge < -0.3 is 14.2 Å². The predicted molar refractivity (Wildman–Crippen MR) is 118 cm³/mol. The van der Waals surface area contributed by atoms with Crippen LogP contribution in [0.3, 0.4) is 0 Å². The molecule has 0 N–H and O–H groups in total. The lowest BCUT2D eigenvalue weighted by Crippen LogP contribution is -2.30. The number of nitrogens with zero attached hydrogens (tertiary/aromatic N) is 1. The molecule has 6 nitrogen and oxygen atoms in total. The number of amides is 1. The van der Waals surface area contributed by atoms with E-state index in [0.29, 0.717) is 27.3 Å². The average Bonchev–Trinajstić information content (AvgIpc) is 2.88. The normalized spacial score (nSPS) is 15.5. The summed E-state index contributed by atoms with van der Waals surface area (Å²) in [7, 11) is 1.56. The maximum absolute atomic E-state index is 12.7. The van der Waals surface area contributed by atoms with Crippen LogP contribution in [0.1, 0.15) is 32.8 Å². The summed E-state index contributed by atoms with van der Waals surface area (Å²) in [6, 6.07) is 3.65. The summed E-state index contributed by atoms with van der Waals surface area (Å²) in [6.45, 7) is 6.12. The van der Waals surface area contributed by atoms with E-state index < -0.39 is 0 Å². The van der Waals surface area contributed by atoms with Crippen LogP contribution in [0.4, 0.5) is 0 Å². The number of thioether (sulfide) groups is 1. The highest BCUT2D eigenvalue weighted by Gasteiger charge is 2.32. The Kier molecular flexibility index (Phi) is 8.33. The molecule has 0 unspecified atom stereocenters. The number of ether oxygens (including phenoxy) is 3. The van der Waals surface area contributed by atoms with Gasteiger partial charge in [0.1, 0.15) is 4.32 Å². The monoisotopic (exact) mass is 487 g/mol. The number of carbonyl (C=O) groups excluding carboxylic acids is 2. The molecule has 152 valence electrons. The van der Waals surface area contributed by atoms with Gasteiger partial charge in [-0.1, -0.05) is 24.0 Å². The Bertz CT molecular complexity index is 810. The van der Waals surface area contributed by atoms with Gasteiger partial charge in [-0.25, -0.2) is 0 Å². The van der Waals surface area contributed by atoms with Gasteiger partial charge >= 0.3 is 5.97 Å². The number of rotatable bonds is 8. The van der Waals surface area contributed by atoms with Crippen molar-refractivity contribution in [2.75, 3.05) is 20.3 Å². The van der Waals surface area contributed by atoms with Gasteiger partial charge in [-0.15, -0.1) is 0 Å². The van der Waals surface area contributed by atoms with Crippen LogP contribution in [0.2, 0.25) is 0 Å². The molecule has 1 aromatic carbocycles. The number of methoxy groups -OCH3 is 1. The second-order valence-electron chi connectivity index (χ2n) is 6.09. The minimum absolute atomic E-state index is 0.00769. The Labute approximate surface area is 182 Å². The molecule has 1 aromatic rings. The van der Waals surface area contributed by atoms with Crippen molar-refractivity contribution in [1.82, 2.24) is 4.90 Å². The fraction of sp³-hybridized carbons (Fsp3) is 0.421. The molecule has 1 fully saturated rings. The number of carbonyl (C=O) groups is 2. The third-order valence-electron chi connectivity index (χ3n) is 3.62. The number of halogens is 1. The standard InChI is InChI=1S/C19H22BrNO5S2/c1-5-25-16(22)6-7-21-18(23)15(28-19(21)27)10-12-8-13(20)17(26-11(2)3)14(9-12)24-4/h8-11H,5-7H2,1-4H3/b15-10-. The molecule has 0 radical (unpaired) electrons. The largest absolute Gasteiger partial charge is 0.493 e. The number of esters is 1. The summed E-state index contributed by atoms with van der Waals surface area (Å²) in [5.74, 6) is 0.593. The van der Waals surface area contributed by atoms with Gasteiger partial charge in [-0.3, -0.25) is 14.5 Å². The molecular formula is C19H22BrNO5S2. The van der Waals surface area contributed by atoms with E-state index in [1.165, 1.54) is 16.7 Å². The highest BCUT2D eigenvalue weighted by Crippen LogP contribution is 2.39. The molecular weight excluding hydrogens is 466 g/mol. The fourth-order valence-electron chi connectivity index (χ4n) is 2.45. The van der Waals surface area contributed by atoms with Crippen LogP contribution in [-0.2, 0) is 14.3 Å². The van der Waals surface area contributed by atoms with Crippen LogP contribution in [0, 0.1) is 0 Å². The SMILES string of the molecule is CCOC(=O)CCN1C(=O)/C(=C/c2cc(Br)c(OC(C)C)c(OC)c2)SC1=S. The lowest BCUT2D eigenvalue weighted by atomic mass is 10.1. The first-order valence-electron chi connectivity index (χ1n) is 8.72. The van der Waals surface area contributed by atoms with Crippen LogP contribution < -0.4 is 9.47 Å².